The molecular formula is C20H24N2O3S. The number of para-hydroxylation sites is 1. The average molecular weight is 372 g/mol. The van der Waals surface area contributed by atoms with E-state index >= 15 is 0 Å². The maximum atomic E-state index is 12.9. The first-order chi connectivity index (χ1) is 12.5. The topological polar surface area (TPSA) is 66.5 Å². The third-order valence-corrected chi connectivity index (χ3v) is 6.07. The van der Waals surface area contributed by atoms with E-state index in [1.54, 1.807) is 17.0 Å². The average Bonchev–Trinajstić information content (AvgIpc) is 2.67. The van der Waals surface area contributed by atoms with Crippen LogP contribution in [0.2, 0.25) is 0 Å². The van der Waals surface area contributed by atoms with Crippen molar-refractivity contribution in [2.24, 2.45) is 0 Å². The quantitative estimate of drug-likeness (QED) is 0.791. The smallest absolute Gasteiger partial charge is 0.258 e. The fraction of sp³-hybridized carbons (Fsp3) is 0.350. The Balaban J connectivity index is 1.78. The van der Waals surface area contributed by atoms with Crippen LogP contribution >= 0.6 is 0 Å². The maximum absolute atomic E-state index is 12.9. The van der Waals surface area contributed by atoms with Gasteiger partial charge in [0.2, 0.25) is 10.0 Å². The van der Waals surface area contributed by atoms with E-state index in [4.69, 9.17) is 0 Å². The van der Waals surface area contributed by atoms with E-state index in [2.05, 4.69) is 4.72 Å². The number of sulfonamides is 1. The van der Waals surface area contributed by atoms with Gasteiger partial charge in [0.05, 0.1) is 4.90 Å². The van der Waals surface area contributed by atoms with Crippen LogP contribution in [-0.2, 0) is 16.4 Å². The Labute approximate surface area is 155 Å². The summed E-state index contributed by atoms with van der Waals surface area (Å²) < 4.78 is 27.1. The summed E-state index contributed by atoms with van der Waals surface area (Å²) in [5.41, 5.74) is 2.61. The van der Waals surface area contributed by atoms with Crippen molar-refractivity contribution in [3.63, 3.8) is 0 Å². The van der Waals surface area contributed by atoms with Crippen LogP contribution in [0.15, 0.2) is 53.4 Å². The predicted molar refractivity (Wildman–Crippen MR) is 103 cm³/mol. The first-order valence-electron chi connectivity index (χ1n) is 9.02. The fourth-order valence-electron chi connectivity index (χ4n) is 3.14. The number of nitrogens with one attached hydrogen (secondary N) is 1. The number of hydrogen-bond donors (Lipinski definition) is 1. The van der Waals surface area contributed by atoms with Crippen LogP contribution in [0.1, 0.15) is 42.1 Å². The lowest BCUT2D eigenvalue weighted by Crippen LogP contribution is -2.35. The molecule has 0 bridgehead atoms. The number of aryl methyl sites for hydroxylation is 1. The van der Waals surface area contributed by atoms with E-state index in [1.165, 1.54) is 17.7 Å². The van der Waals surface area contributed by atoms with Crippen molar-refractivity contribution in [2.45, 2.75) is 37.5 Å². The third kappa shape index (κ3) is 3.97. The maximum Gasteiger partial charge on any atom is 0.258 e. The Hall–Kier alpha value is -2.18. The van der Waals surface area contributed by atoms with Gasteiger partial charge in [0, 0.05) is 24.3 Å². The minimum absolute atomic E-state index is 0.0972. The minimum Gasteiger partial charge on any atom is -0.308 e. The van der Waals surface area contributed by atoms with Crippen LogP contribution in [-0.4, -0.2) is 27.4 Å². The zero-order valence-corrected chi connectivity index (χ0v) is 15.8. The van der Waals surface area contributed by atoms with Gasteiger partial charge in [-0.3, -0.25) is 4.79 Å². The van der Waals surface area contributed by atoms with E-state index in [-0.39, 0.29) is 10.8 Å². The van der Waals surface area contributed by atoms with Gasteiger partial charge in [0.25, 0.3) is 5.91 Å². The predicted octanol–water partition coefficient (Wildman–Crippen LogP) is 3.36. The summed E-state index contributed by atoms with van der Waals surface area (Å²) >= 11 is 0. The second kappa shape index (κ2) is 8.01. The van der Waals surface area contributed by atoms with Crippen LogP contribution in [0.5, 0.6) is 0 Å². The van der Waals surface area contributed by atoms with Gasteiger partial charge in [0.1, 0.15) is 0 Å². The molecule has 138 valence electrons. The lowest BCUT2D eigenvalue weighted by atomic mass is 10.0. The highest BCUT2D eigenvalue weighted by atomic mass is 32.2. The standard InChI is InChI=1S/C20H24N2O3S/c1-2-3-14-21-26(24,25)18-12-10-17(11-13-18)20(23)22-15-6-8-16-7-4-5-9-19(16)22/h4-5,7,9-13,21H,2-3,6,8,14-15H2,1H3. The molecule has 1 N–H and O–H groups in total. The molecule has 2 aromatic carbocycles. The Morgan fingerprint density at radius 1 is 1.12 bits per heavy atom. The van der Waals surface area contributed by atoms with Crippen molar-refractivity contribution >= 4 is 21.6 Å². The number of carbonyl (C=O) groups excluding carboxylic acids is 1. The SMILES string of the molecule is CCCCNS(=O)(=O)c1ccc(C(=O)N2CCCc3ccccc32)cc1. The van der Waals surface area contributed by atoms with Gasteiger partial charge in [-0.15, -0.1) is 0 Å². The highest BCUT2D eigenvalue weighted by molar-refractivity contribution is 7.89. The van der Waals surface area contributed by atoms with Gasteiger partial charge < -0.3 is 4.90 Å². The fourth-order valence-corrected chi connectivity index (χ4v) is 4.22. The molecule has 0 radical (unpaired) electrons. The lowest BCUT2D eigenvalue weighted by Gasteiger charge is -2.29. The van der Waals surface area contributed by atoms with Gasteiger partial charge in [-0.1, -0.05) is 31.5 Å². The summed E-state index contributed by atoms with van der Waals surface area (Å²) in [6.45, 7) is 3.10. The Morgan fingerprint density at radius 3 is 2.58 bits per heavy atom. The number of hydrogen-bond acceptors (Lipinski definition) is 3. The third-order valence-electron chi connectivity index (χ3n) is 4.59. The molecule has 0 aromatic heterocycles. The van der Waals surface area contributed by atoms with Crippen LogP contribution in [0.25, 0.3) is 0 Å². The molecule has 1 aliphatic rings. The number of carbonyl (C=O) groups is 1. The van der Waals surface area contributed by atoms with Crippen molar-refractivity contribution in [3.05, 3.63) is 59.7 Å². The molecule has 0 saturated carbocycles. The van der Waals surface area contributed by atoms with E-state index in [0.717, 1.165) is 31.4 Å². The molecule has 1 aliphatic heterocycles. The van der Waals surface area contributed by atoms with Crippen LogP contribution < -0.4 is 9.62 Å². The highest BCUT2D eigenvalue weighted by Crippen LogP contribution is 2.28. The van der Waals surface area contributed by atoms with Crippen molar-refractivity contribution in [3.8, 4) is 0 Å². The zero-order chi connectivity index (χ0) is 18.6. The summed E-state index contributed by atoms with van der Waals surface area (Å²) in [4.78, 5) is 14.9. The van der Waals surface area contributed by atoms with Crippen LogP contribution in [0.4, 0.5) is 5.69 Å². The zero-order valence-electron chi connectivity index (χ0n) is 14.9. The first-order valence-corrected chi connectivity index (χ1v) is 10.5. The van der Waals surface area contributed by atoms with Gasteiger partial charge in [0.15, 0.2) is 0 Å². The van der Waals surface area contributed by atoms with Gasteiger partial charge in [-0.25, -0.2) is 13.1 Å². The van der Waals surface area contributed by atoms with E-state index in [0.29, 0.717) is 18.7 Å². The number of amides is 1. The van der Waals surface area contributed by atoms with E-state index in [9.17, 15) is 13.2 Å². The number of fused-ring (bicyclic) bond motifs is 1. The number of unbranched alkanes of at least 4 members (excludes halogenated alkanes) is 1. The lowest BCUT2D eigenvalue weighted by molar-refractivity contribution is 0.0985. The molecule has 5 nitrogen and oxygen atoms in total. The molecule has 3 rings (SSSR count). The Kier molecular flexibility index (Phi) is 5.74. The number of rotatable bonds is 6. The van der Waals surface area contributed by atoms with Crippen LogP contribution in [0.3, 0.4) is 0 Å². The molecule has 6 heteroatoms. The number of nitrogens with zero attached hydrogens (tertiary/aromatic N) is 1. The summed E-state index contributed by atoms with van der Waals surface area (Å²) in [6.07, 6.45) is 3.62. The summed E-state index contributed by atoms with van der Waals surface area (Å²) in [7, 11) is -3.52. The first kappa shape index (κ1) is 18.6. The molecule has 0 fully saturated rings. The van der Waals surface area contributed by atoms with E-state index < -0.39 is 10.0 Å². The summed E-state index contributed by atoms with van der Waals surface area (Å²) in [5.74, 6) is -0.0972. The Morgan fingerprint density at radius 2 is 1.85 bits per heavy atom. The highest BCUT2D eigenvalue weighted by Gasteiger charge is 2.23. The van der Waals surface area contributed by atoms with Crippen LogP contribution in [0, 0.1) is 0 Å². The molecule has 0 spiro atoms. The Bertz CT molecular complexity index is 876. The summed E-state index contributed by atoms with van der Waals surface area (Å²) in [5, 5.41) is 0. The van der Waals surface area contributed by atoms with Crippen molar-refractivity contribution < 1.29 is 13.2 Å². The molecule has 0 saturated heterocycles. The number of benzene rings is 2. The van der Waals surface area contributed by atoms with E-state index in [1.807, 2.05) is 31.2 Å². The minimum atomic E-state index is -3.52. The van der Waals surface area contributed by atoms with Gasteiger partial charge in [-0.05, 0) is 55.2 Å². The largest absolute Gasteiger partial charge is 0.308 e. The molecule has 1 amide bonds. The summed E-state index contributed by atoms with van der Waals surface area (Å²) in [6, 6.07) is 14.1. The molecule has 0 unspecified atom stereocenters. The molecule has 2 aromatic rings. The van der Waals surface area contributed by atoms with Crippen molar-refractivity contribution in [1.29, 1.82) is 0 Å². The normalized spacial score (nSPS) is 14.1. The number of anilines is 1. The molecular weight excluding hydrogens is 348 g/mol. The molecule has 26 heavy (non-hydrogen) atoms. The van der Waals surface area contributed by atoms with Gasteiger partial charge in [-0.2, -0.15) is 0 Å². The van der Waals surface area contributed by atoms with Crippen molar-refractivity contribution in [1.82, 2.24) is 4.72 Å². The molecule has 0 atom stereocenters. The van der Waals surface area contributed by atoms with Crippen molar-refractivity contribution in [2.75, 3.05) is 18.0 Å². The van der Waals surface area contributed by atoms with Gasteiger partial charge >= 0.3 is 0 Å². The molecule has 1 heterocycles. The second-order valence-electron chi connectivity index (χ2n) is 6.46. The molecule has 0 aliphatic carbocycles. The monoisotopic (exact) mass is 372 g/mol. The second-order valence-corrected chi connectivity index (χ2v) is 8.23.